The Morgan fingerprint density at radius 1 is 1.20 bits per heavy atom. The number of rotatable bonds is 6. The number of hydrogen-bond donors (Lipinski definition) is 3. The molecular formula is C15H20N2O3. The highest BCUT2D eigenvalue weighted by Gasteiger charge is 2.42. The van der Waals surface area contributed by atoms with E-state index in [1.54, 1.807) is 12.1 Å². The number of aliphatic hydroxyl groups is 1. The van der Waals surface area contributed by atoms with E-state index < -0.39 is 0 Å². The Bertz CT molecular complexity index is 492. The first-order chi connectivity index (χ1) is 9.54. The van der Waals surface area contributed by atoms with Gasteiger partial charge >= 0.3 is 0 Å². The molecule has 0 heterocycles. The van der Waals surface area contributed by atoms with E-state index in [4.69, 9.17) is 0 Å². The molecule has 1 aliphatic rings. The normalized spacial score (nSPS) is 15.5. The average molecular weight is 276 g/mol. The quantitative estimate of drug-likeness (QED) is 0.720. The molecule has 0 saturated heterocycles. The third-order valence-electron chi connectivity index (χ3n) is 3.67. The van der Waals surface area contributed by atoms with Crippen molar-refractivity contribution in [3.63, 3.8) is 0 Å². The lowest BCUT2D eigenvalue weighted by Crippen LogP contribution is -2.31. The van der Waals surface area contributed by atoms with Crippen LogP contribution in [0.3, 0.4) is 0 Å². The van der Waals surface area contributed by atoms with Crippen LogP contribution in [-0.4, -0.2) is 30.1 Å². The monoisotopic (exact) mass is 276 g/mol. The molecule has 0 bridgehead atoms. The van der Waals surface area contributed by atoms with E-state index in [0.29, 0.717) is 18.7 Å². The molecule has 1 fully saturated rings. The van der Waals surface area contributed by atoms with Crippen molar-refractivity contribution in [1.82, 2.24) is 10.6 Å². The Hall–Kier alpha value is -1.88. The molecule has 1 aliphatic carbocycles. The Morgan fingerprint density at radius 2 is 1.85 bits per heavy atom. The van der Waals surface area contributed by atoms with Crippen LogP contribution in [0.5, 0.6) is 0 Å². The standard InChI is InChI=1S/C15H20N2O3/c1-11(19)16-8-12-2-4-13(5-3-12)14(20)17-9-15(10-18)6-7-15/h2-5,18H,6-10H2,1H3,(H,16,19)(H,17,20). The fourth-order valence-corrected chi connectivity index (χ4v) is 1.94. The molecule has 0 radical (unpaired) electrons. The SMILES string of the molecule is CC(=O)NCc1ccc(C(=O)NCC2(CO)CC2)cc1. The molecule has 20 heavy (non-hydrogen) atoms. The maximum absolute atomic E-state index is 11.9. The number of amides is 2. The van der Waals surface area contributed by atoms with Crippen LogP contribution in [0.15, 0.2) is 24.3 Å². The van der Waals surface area contributed by atoms with Gasteiger partial charge in [-0.1, -0.05) is 12.1 Å². The minimum Gasteiger partial charge on any atom is -0.396 e. The van der Waals surface area contributed by atoms with Gasteiger partial charge in [0.25, 0.3) is 5.91 Å². The highest BCUT2D eigenvalue weighted by Crippen LogP contribution is 2.44. The minimum atomic E-state index is -0.129. The molecule has 5 heteroatoms. The number of carbonyl (C=O) groups is 2. The summed E-state index contributed by atoms with van der Waals surface area (Å²) >= 11 is 0. The fraction of sp³-hybridized carbons (Fsp3) is 0.467. The molecule has 0 unspecified atom stereocenters. The summed E-state index contributed by atoms with van der Waals surface area (Å²) in [7, 11) is 0. The van der Waals surface area contributed by atoms with Gasteiger partial charge in [0.1, 0.15) is 0 Å². The Morgan fingerprint density at radius 3 is 2.35 bits per heavy atom. The summed E-state index contributed by atoms with van der Waals surface area (Å²) < 4.78 is 0. The van der Waals surface area contributed by atoms with E-state index in [1.165, 1.54) is 6.92 Å². The summed E-state index contributed by atoms with van der Waals surface area (Å²) in [6, 6.07) is 7.13. The number of aliphatic hydroxyl groups excluding tert-OH is 1. The smallest absolute Gasteiger partial charge is 0.251 e. The van der Waals surface area contributed by atoms with Crippen molar-refractivity contribution in [2.24, 2.45) is 5.41 Å². The second kappa shape index (κ2) is 6.05. The topological polar surface area (TPSA) is 78.4 Å². The van der Waals surface area contributed by atoms with Crippen LogP contribution in [0.25, 0.3) is 0 Å². The fourth-order valence-electron chi connectivity index (χ4n) is 1.94. The predicted octanol–water partition coefficient (Wildman–Crippen LogP) is 0.825. The molecule has 0 atom stereocenters. The first kappa shape index (κ1) is 14.5. The lowest BCUT2D eigenvalue weighted by Gasteiger charge is -2.12. The van der Waals surface area contributed by atoms with Gasteiger partial charge < -0.3 is 15.7 Å². The predicted molar refractivity (Wildman–Crippen MR) is 75.0 cm³/mol. The van der Waals surface area contributed by atoms with Crippen molar-refractivity contribution in [2.45, 2.75) is 26.3 Å². The molecule has 0 aliphatic heterocycles. The first-order valence-corrected chi connectivity index (χ1v) is 6.77. The maximum Gasteiger partial charge on any atom is 0.251 e. The van der Waals surface area contributed by atoms with Gasteiger partial charge in [-0.15, -0.1) is 0 Å². The van der Waals surface area contributed by atoms with E-state index in [2.05, 4.69) is 10.6 Å². The molecule has 1 saturated carbocycles. The highest BCUT2D eigenvalue weighted by atomic mass is 16.3. The van der Waals surface area contributed by atoms with Crippen LogP contribution < -0.4 is 10.6 Å². The van der Waals surface area contributed by atoms with Gasteiger partial charge in [-0.3, -0.25) is 9.59 Å². The van der Waals surface area contributed by atoms with Crippen LogP contribution in [0.2, 0.25) is 0 Å². The Balaban J connectivity index is 1.85. The highest BCUT2D eigenvalue weighted by molar-refractivity contribution is 5.94. The van der Waals surface area contributed by atoms with Gasteiger partial charge in [0.05, 0.1) is 6.61 Å². The molecule has 108 valence electrons. The number of hydrogen-bond acceptors (Lipinski definition) is 3. The van der Waals surface area contributed by atoms with Crippen LogP contribution in [0.4, 0.5) is 0 Å². The lowest BCUT2D eigenvalue weighted by molar-refractivity contribution is -0.119. The van der Waals surface area contributed by atoms with Crippen molar-refractivity contribution in [2.75, 3.05) is 13.2 Å². The van der Waals surface area contributed by atoms with Crippen molar-refractivity contribution in [1.29, 1.82) is 0 Å². The summed E-state index contributed by atoms with van der Waals surface area (Å²) in [4.78, 5) is 22.8. The average Bonchev–Trinajstić information content (AvgIpc) is 3.24. The van der Waals surface area contributed by atoms with E-state index in [1.807, 2.05) is 12.1 Å². The Kier molecular flexibility index (Phi) is 4.39. The molecule has 5 nitrogen and oxygen atoms in total. The largest absolute Gasteiger partial charge is 0.396 e. The van der Waals surface area contributed by atoms with Gasteiger partial charge in [0.15, 0.2) is 0 Å². The molecular weight excluding hydrogens is 256 g/mol. The zero-order chi connectivity index (χ0) is 14.6. The zero-order valence-corrected chi connectivity index (χ0v) is 11.6. The minimum absolute atomic E-state index is 0.0782. The second-order valence-electron chi connectivity index (χ2n) is 5.45. The van der Waals surface area contributed by atoms with Gasteiger partial charge in [-0.2, -0.15) is 0 Å². The van der Waals surface area contributed by atoms with E-state index in [-0.39, 0.29) is 23.8 Å². The van der Waals surface area contributed by atoms with Gasteiger partial charge in [0, 0.05) is 31.0 Å². The van der Waals surface area contributed by atoms with Gasteiger partial charge in [0.2, 0.25) is 5.91 Å². The number of benzene rings is 1. The molecule has 0 spiro atoms. The van der Waals surface area contributed by atoms with Crippen molar-refractivity contribution in [3.8, 4) is 0 Å². The zero-order valence-electron chi connectivity index (χ0n) is 11.6. The van der Waals surface area contributed by atoms with Crippen molar-refractivity contribution < 1.29 is 14.7 Å². The lowest BCUT2D eigenvalue weighted by atomic mass is 10.1. The summed E-state index contributed by atoms with van der Waals surface area (Å²) in [5.74, 6) is -0.207. The maximum atomic E-state index is 11.9. The third kappa shape index (κ3) is 3.81. The van der Waals surface area contributed by atoms with Gasteiger partial charge in [-0.05, 0) is 30.5 Å². The molecule has 0 aromatic heterocycles. The summed E-state index contributed by atoms with van der Waals surface area (Å²) in [6.07, 6.45) is 1.94. The third-order valence-corrected chi connectivity index (χ3v) is 3.67. The second-order valence-corrected chi connectivity index (χ2v) is 5.45. The molecule has 2 amide bonds. The Labute approximate surface area is 118 Å². The number of carbonyl (C=O) groups excluding carboxylic acids is 2. The first-order valence-electron chi connectivity index (χ1n) is 6.77. The number of nitrogens with one attached hydrogen (secondary N) is 2. The summed E-state index contributed by atoms with van der Waals surface area (Å²) in [5, 5.41) is 14.8. The molecule has 3 N–H and O–H groups in total. The van der Waals surface area contributed by atoms with Crippen molar-refractivity contribution in [3.05, 3.63) is 35.4 Å². The molecule has 1 aromatic rings. The van der Waals surface area contributed by atoms with Crippen LogP contribution in [-0.2, 0) is 11.3 Å². The molecule has 1 aromatic carbocycles. The van der Waals surface area contributed by atoms with Crippen LogP contribution in [0.1, 0.15) is 35.7 Å². The van der Waals surface area contributed by atoms with Gasteiger partial charge in [-0.25, -0.2) is 0 Å². The van der Waals surface area contributed by atoms with Crippen molar-refractivity contribution >= 4 is 11.8 Å². The van der Waals surface area contributed by atoms with Crippen LogP contribution >= 0.6 is 0 Å². The van der Waals surface area contributed by atoms with E-state index >= 15 is 0 Å². The van der Waals surface area contributed by atoms with E-state index in [0.717, 1.165) is 18.4 Å². The molecule has 2 rings (SSSR count). The summed E-state index contributed by atoms with van der Waals surface area (Å²) in [5.41, 5.74) is 1.46. The summed E-state index contributed by atoms with van der Waals surface area (Å²) in [6.45, 7) is 2.58. The van der Waals surface area contributed by atoms with Crippen LogP contribution in [0, 0.1) is 5.41 Å². The van der Waals surface area contributed by atoms with E-state index in [9.17, 15) is 14.7 Å².